The molecule has 0 aromatic heterocycles. The van der Waals surface area contributed by atoms with Gasteiger partial charge in [0.05, 0.1) is 10.6 Å². The number of aromatic hydroxyl groups is 1. The molecule has 23 heavy (non-hydrogen) atoms. The zero-order valence-electron chi connectivity index (χ0n) is 12.0. The number of carbonyl (C=O) groups excluding carboxylic acids is 2. The number of rotatable bonds is 4. The third kappa shape index (κ3) is 4.03. The Hall–Kier alpha value is -3.42. The summed E-state index contributed by atoms with van der Waals surface area (Å²) in [5.74, 6) is -1.06. The highest BCUT2D eigenvalue weighted by Crippen LogP contribution is 2.28. The van der Waals surface area contributed by atoms with Crippen molar-refractivity contribution in [3.05, 3.63) is 58.1 Å². The summed E-state index contributed by atoms with van der Waals surface area (Å²) in [5, 5.41) is 22.8. The number of ether oxygens (including phenoxy) is 1. The topological polar surface area (TPSA) is 119 Å². The van der Waals surface area contributed by atoms with Gasteiger partial charge in [0, 0.05) is 24.6 Å². The summed E-state index contributed by atoms with van der Waals surface area (Å²) in [6.45, 7) is 1.26. The van der Waals surface area contributed by atoms with E-state index in [1.165, 1.54) is 31.2 Å². The first-order chi connectivity index (χ1) is 10.9. The molecule has 8 heteroatoms. The molecule has 2 rings (SSSR count). The molecule has 0 aliphatic heterocycles. The first kappa shape index (κ1) is 16.0. The van der Waals surface area contributed by atoms with Gasteiger partial charge >= 0.3 is 5.97 Å². The van der Waals surface area contributed by atoms with Gasteiger partial charge in [0.2, 0.25) is 0 Å². The van der Waals surface area contributed by atoms with Gasteiger partial charge in [0.15, 0.2) is 0 Å². The molecule has 0 radical (unpaired) electrons. The quantitative estimate of drug-likeness (QED) is 0.294. The highest BCUT2D eigenvalue weighted by Gasteiger charge is 2.14. The van der Waals surface area contributed by atoms with Crippen LogP contribution in [0.25, 0.3) is 0 Å². The van der Waals surface area contributed by atoms with Gasteiger partial charge in [-0.15, -0.1) is 0 Å². The Morgan fingerprint density at radius 1 is 1.17 bits per heavy atom. The molecule has 0 bridgehead atoms. The number of nitrogens with zero attached hydrogens (tertiary/aromatic N) is 1. The van der Waals surface area contributed by atoms with Gasteiger partial charge < -0.3 is 15.2 Å². The van der Waals surface area contributed by atoms with Crippen molar-refractivity contribution in [2.45, 2.75) is 6.92 Å². The third-order valence-corrected chi connectivity index (χ3v) is 2.82. The number of hydrogen-bond donors (Lipinski definition) is 2. The minimum atomic E-state index is -0.636. The number of nitrogens with one attached hydrogen (secondary N) is 1. The molecular formula is C15H12N2O6. The second-order valence-electron chi connectivity index (χ2n) is 4.53. The molecule has 1 amide bonds. The molecule has 0 unspecified atom stereocenters. The first-order valence-corrected chi connectivity index (χ1v) is 6.44. The molecule has 0 atom stereocenters. The average Bonchev–Trinajstić information content (AvgIpc) is 2.49. The Morgan fingerprint density at radius 2 is 1.83 bits per heavy atom. The van der Waals surface area contributed by atoms with Crippen LogP contribution in [0.4, 0.5) is 11.4 Å². The van der Waals surface area contributed by atoms with E-state index in [0.717, 1.165) is 18.2 Å². The lowest BCUT2D eigenvalue weighted by Gasteiger charge is -2.08. The summed E-state index contributed by atoms with van der Waals surface area (Å²) < 4.78 is 4.84. The van der Waals surface area contributed by atoms with E-state index in [-0.39, 0.29) is 28.4 Å². The second-order valence-corrected chi connectivity index (χ2v) is 4.53. The maximum atomic E-state index is 12.1. The predicted molar refractivity (Wildman–Crippen MR) is 80.5 cm³/mol. The number of phenols is 1. The van der Waals surface area contributed by atoms with Gasteiger partial charge in [-0.25, -0.2) is 0 Å². The molecule has 0 aliphatic carbocycles. The van der Waals surface area contributed by atoms with E-state index in [2.05, 4.69) is 5.32 Å². The Bertz CT molecular complexity index is 770. The summed E-state index contributed by atoms with van der Waals surface area (Å²) in [4.78, 5) is 33.0. The van der Waals surface area contributed by atoms with E-state index in [1.807, 2.05) is 0 Å². The smallest absolute Gasteiger partial charge is 0.308 e. The predicted octanol–water partition coefficient (Wildman–Crippen LogP) is 2.48. The van der Waals surface area contributed by atoms with Crippen LogP contribution in [0.5, 0.6) is 11.5 Å². The average molecular weight is 316 g/mol. The van der Waals surface area contributed by atoms with Crippen LogP contribution in [0.2, 0.25) is 0 Å². The lowest BCUT2D eigenvalue weighted by molar-refractivity contribution is -0.384. The number of esters is 1. The van der Waals surface area contributed by atoms with Crippen molar-refractivity contribution < 1.29 is 24.4 Å². The minimum Gasteiger partial charge on any atom is -0.506 e. The highest BCUT2D eigenvalue weighted by atomic mass is 16.6. The summed E-state index contributed by atoms with van der Waals surface area (Å²) in [7, 11) is 0. The Kier molecular flexibility index (Phi) is 4.55. The van der Waals surface area contributed by atoms with Crippen LogP contribution >= 0.6 is 0 Å². The zero-order valence-corrected chi connectivity index (χ0v) is 12.0. The number of carbonyl (C=O) groups is 2. The standard InChI is InChI=1S/C15H12N2O6/c1-9(18)23-12-5-2-10(3-6-12)15(20)16-13-8-11(17(21)22)4-7-14(13)19/h2-8,19H,1H3,(H,16,20). The van der Waals surface area contributed by atoms with Gasteiger partial charge in [-0.05, 0) is 30.3 Å². The van der Waals surface area contributed by atoms with Crippen LogP contribution in [0.1, 0.15) is 17.3 Å². The lowest BCUT2D eigenvalue weighted by Crippen LogP contribution is -2.12. The highest BCUT2D eigenvalue weighted by molar-refractivity contribution is 6.05. The maximum Gasteiger partial charge on any atom is 0.308 e. The van der Waals surface area contributed by atoms with Crippen molar-refractivity contribution in [3.63, 3.8) is 0 Å². The van der Waals surface area contributed by atoms with E-state index in [4.69, 9.17) is 4.74 Å². The molecule has 2 N–H and O–H groups in total. The van der Waals surface area contributed by atoms with Crippen molar-refractivity contribution in [3.8, 4) is 11.5 Å². The van der Waals surface area contributed by atoms with Crippen LogP contribution < -0.4 is 10.1 Å². The molecule has 0 saturated carbocycles. The Balaban J connectivity index is 2.17. The van der Waals surface area contributed by atoms with E-state index in [1.54, 1.807) is 0 Å². The number of hydrogen-bond acceptors (Lipinski definition) is 6. The molecule has 0 spiro atoms. The lowest BCUT2D eigenvalue weighted by atomic mass is 10.2. The molecular weight excluding hydrogens is 304 g/mol. The molecule has 0 aliphatic rings. The molecule has 0 saturated heterocycles. The van der Waals surface area contributed by atoms with Crippen LogP contribution in [0.15, 0.2) is 42.5 Å². The number of phenolic OH excluding ortho intramolecular Hbond substituents is 1. The van der Waals surface area contributed by atoms with Gasteiger partial charge in [-0.2, -0.15) is 0 Å². The summed E-state index contributed by atoms with van der Waals surface area (Å²) >= 11 is 0. The maximum absolute atomic E-state index is 12.1. The van der Waals surface area contributed by atoms with Gasteiger partial charge in [0.1, 0.15) is 11.5 Å². The van der Waals surface area contributed by atoms with Crippen LogP contribution in [-0.2, 0) is 4.79 Å². The minimum absolute atomic E-state index is 0.0757. The number of nitro groups is 1. The fraction of sp³-hybridized carbons (Fsp3) is 0.0667. The number of nitro benzene ring substituents is 1. The summed E-state index contributed by atoms with van der Waals surface area (Å²) in [6.07, 6.45) is 0. The summed E-state index contributed by atoms with van der Waals surface area (Å²) in [5.41, 5.74) is -0.108. The Morgan fingerprint density at radius 3 is 2.39 bits per heavy atom. The fourth-order valence-corrected chi connectivity index (χ4v) is 1.77. The fourth-order valence-electron chi connectivity index (χ4n) is 1.77. The van der Waals surface area contributed by atoms with Crippen molar-refractivity contribution in [1.82, 2.24) is 0 Å². The molecule has 0 fully saturated rings. The van der Waals surface area contributed by atoms with Crippen molar-refractivity contribution in [1.29, 1.82) is 0 Å². The molecule has 0 heterocycles. The number of benzene rings is 2. The van der Waals surface area contributed by atoms with Crippen LogP contribution in [-0.4, -0.2) is 21.9 Å². The van der Waals surface area contributed by atoms with Crippen LogP contribution in [0, 0.1) is 10.1 Å². The monoisotopic (exact) mass is 316 g/mol. The van der Waals surface area contributed by atoms with E-state index >= 15 is 0 Å². The van der Waals surface area contributed by atoms with Crippen molar-refractivity contribution >= 4 is 23.3 Å². The normalized spacial score (nSPS) is 9.96. The first-order valence-electron chi connectivity index (χ1n) is 6.44. The zero-order chi connectivity index (χ0) is 17.0. The summed E-state index contributed by atoms with van der Waals surface area (Å²) in [6, 6.07) is 9.01. The van der Waals surface area contributed by atoms with Gasteiger partial charge in [-0.3, -0.25) is 19.7 Å². The van der Waals surface area contributed by atoms with Crippen LogP contribution in [0.3, 0.4) is 0 Å². The molecule has 2 aromatic rings. The number of non-ortho nitro benzene ring substituents is 1. The third-order valence-electron chi connectivity index (χ3n) is 2.82. The SMILES string of the molecule is CC(=O)Oc1ccc(C(=O)Nc2cc([N+](=O)[O-])ccc2O)cc1. The second kappa shape index (κ2) is 6.56. The van der Waals surface area contributed by atoms with Crippen molar-refractivity contribution in [2.24, 2.45) is 0 Å². The number of amides is 1. The number of anilines is 1. The Labute approximate surface area is 130 Å². The van der Waals surface area contributed by atoms with Gasteiger partial charge in [0.25, 0.3) is 11.6 Å². The molecule has 8 nitrogen and oxygen atoms in total. The molecule has 2 aromatic carbocycles. The van der Waals surface area contributed by atoms with Gasteiger partial charge in [-0.1, -0.05) is 0 Å². The van der Waals surface area contributed by atoms with Crippen molar-refractivity contribution in [2.75, 3.05) is 5.32 Å². The van der Waals surface area contributed by atoms with E-state index in [9.17, 15) is 24.8 Å². The largest absolute Gasteiger partial charge is 0.506 e. The van der Waals surface area contributed by atoms with E-state index < -0.39 is 16.8 Å². The van der Waals surface area contributed by atoms with E-state index in [0.29, 0.717) is 0 Å². The molecule has 118 valence electrons.